The lowest BCUT2D eigenvalue weighted by Crippen LogP contribution is -2.43. The predicted molar refractivity (Wildman–Crippen MR) is 63.2 cm³/mol. The highest BCUT2D eigenvalue weighted by atomic mass is 14.7. The number of nitrogens with zero attached hydrogens (tertiary/aromatic N) is 1. The molecule has 0 aliphatic heterocycles. The molecule has 0 spiro atoms. The fraction of sp³-hybridized carbons (Fsp3) is 0.643. The zero-order valence-corrected chi connectivity index (χ0v) is 9.63. The van der Waals surface area contributed by atoms with E-state index < -0.39 is 0 Å². The summed E-state index contributed by atoms with van der Waals surface area (Å²) in [6.45, 7) is 0. The van der Waals surface area contributed by atoms with E-state index in [2.05, 4.69) is 18.2 Å². The molecule has 3 rings (SSSR count). The molecule has 0 aromatic rings. The minimum atomic E-state index is 0.110. The molecule has 0 saturated heterocycles. The van der Waals surface area contributed by atoms with Crippen LogP contribution in [0, 0.1) is 22.2 Å². The van der Waals surface area contributed by atoms with Crippen LogP contribution >= 0.6 is 0 Å². The van der Waals surface area contributed by atoms with Crippen LogP contribution in [0.5, 0.6) is 0 Å². The number of hydrogen-bond acceptors (Lipinski definition) is 2. The van der Waals surface area contributed by atoms with Crippen molar-refractivity contribution in [2.24, 2.45) is 16.6 Å². The van der Waals surface area contributed by atoms with E-state index in [0.29, 0.717) is 5.41 Å². The van der Waals surface area contributed by atoms with E-state index >= 15 is 0 Å². The third-order valence-electron chi connectivity index (χ3n) is 5.11. The average Bonchev–Trinajstić information content (AvgIpc) is 2.56. The molecular formula is C14H18N2. The third-order valence-corrected chi connectivity index (χ3v) is 5.11. The quantitative estimate of drug-likeness (QED) is 0.630. The van der Waals surface area contributed by atoms with Crippen molar-refractivity contribution in [3.63, 3.8) is 0 Å². The second kappa shape index (κ2) is 3.13. The molecule has 0 radical (unpaired) electrons. The minimum Gasteiger partial charge on any atom is -0.401 e. The lowest BCUT2D eigenvalue weighted by molar-refractivity contribution is 0.0343. The van der Waals surface area contributed by atoms with Gasteiger partial charge in [0.1, 0.15) is 0 Å². The Balaban J connectivity index is 2.16. The Labute approximate surface area is 96.8 Å². The van der Waals surface area contributed by atoms with Gasteiger partial charge in [0.15, 0.2) is 0 Å². The molecule has 1 fully saturated rings. The normalized spacial score (nSPS) is 41.4. The molecule has 0 amide bonds. The molecular weight excluding hydrogens is 196 g/mol. The highest BCUT2D eigenvalue weighted by Crippen LogP contribution is 2.67. The molecule has 2 atom stereocenters. The zero-order valence-electron chi connectivity index (χ0n) is 9.63. The Bertz CT molecular complexity index is 427. The van der Waals surface area contributed by atoms with Crippen LogP contribution in [-0.2, 0) is 0 Å². The highest BCUT2D eigenvalue weighted by Gasteiger charge is 2.59. The number of nitrogens with two attached hydrogens (primary N) is 1. The number of hydrogen-bond donors (Lipinski definition) is 1. The SMILES string of the molecule is N#CC1=C(N)C[C@]23CC=CC[C@]12CCCC3. The summed E-state index contributed by atoms with van der Waals surface area (Å²) in [7, 11) is 0. The fourth-order valence-corrected chi connectivity index (χ4v) is 4.37. The van der Waals surface area contributed by atoms with Gasteiger partial charge in [0.2, 0.25) is 0 Å². The van der Waals surface area contributed by atoms with Gasteiger partial charge < -0.3 is 5.73 Å². The lowest BCUT2D eigenvalue weighted by atomic mass is 9.51. The van der Waals surface area contributed by atoms with Gasteiger partial charge in [-0.15, -0.1) is 0 Å². The van der Waals surface area contributed by atoms with Gasteiger partial charge in [-0.2, -0.15) is 5.26 Å². The molecule has 3 aliphatic rings. The first kappa shape index (κ1) is 9.96. The fourth-order valence-electron chi connectivity index (χ4n) is 4.37. The van der Waals surface area contributed by atoms with E-state index in [1.54, 1.807) is 0 Å². The molecule has 0 aromatic carbocycles. The lowest BCUT2D eigenvalue weighted by Gasteiger charge is -2.51. The maximum atomic E-state index is 9.39. The van der Waals surface area contributed by atoms with Crippen molar-refractivity contribution < 1.29 is 0 Å². The minimum absolute atomic E-state index is 0.110. The molecule has 0 aromatic heterocycles. The molecule has 3 aliphatic carbocycles. The van der Waals surface area contributed by atoms with Gasteiger partial charge in [-0.3, -0.25) is 0 Å². The van der Waals surface area contributed by atoms with Gasteiger partial charge in [-0.25, -0.2) is 0 Å². The Kier molecular flexibility index (Phi) is 1.95. The van der Waals surface area contributed by atoms with Crippen molar-refractivity contribution in [1.29, 1.82) is 5.26 Å². The van der Waals surface area contributed by atoms with Crippen LogP contribution in [0.15, 0.2) is 23.4 Å². The number of rotatable bonds is 0. The summed E-state index contributed by atoms with van der Waals surface area (Å²) in [5.41, 5.74) is 8.35. The van der Waals surface area contributed by atoms with Crippen LogP contribution in [0.25, 0.3) is 0 Å². The van der Waals surface area contributed by atoms with Gasteiger partial charge in [0.05, 0.1) is 11.6 Å². The number of nitriles is 1. The second-order valence-corrected chi connectivity index (χ2v) is 5.64. The largest absolute Gasteiger partial charge is 0.401 e. The van der Waals surface area contributed by atoms with E-state index in [4.69, 9.17) is 5.73 Å². The van der Waals surface area contributed by atoms with Gasteiger partial charge in [0.25, 0.3) is 0 Å². The third kappa shape index (κ3) is 0.967. The maximum absolute atomic E-state index is 9.39. The van der Waals surface area contributed by atoms with Crippen LogP contribution < -0.4 is 5.73 Å². The molecule has 1 saturated carbocycles. The summed E-state index contributed by atoms with van der Waals surface area (Å²) in [6.07, 6.45) is 12.7. The zero-order chi connectivity index (χ0) is 11.2. The van der Waals surface area contributed by atoms with Gasteiger partial charge in [-0.1, -0.05) is 25.0 Å². The van der Waals surface area contributed by atoms with Gasteiger partial charge in [-0.05, 0) is 37.5 Å². The molecule has 16 heavy (non-hydrogen) atoms. The maximum Gasteiger partial charge on any atom is 0.0971 e. The summed E-state index contributed by atoms with van der Waals surface area (Å²) in [5, 5.41) is 9.39. The molecule has 0 heterocycles. The van der Waals surface area contributed by atoms with E-state index in [1.165, 1.54) is 25.7 Å². The summed E-state index contributed by atoms with van der Waals surface area (Å²) in [5.74, 6) is 0. The molecule has 0 bridgehead atoms. The first-order valence-electron chi connectivity index (χ1n) is 6.28. The molecule has 0 unspecified atom stereocenters. The van der Waals surface area contributed by atoms with E-state index in [-0.39, 0.29) is 5.41 Å². The molecule has 84 valence electrons. The Morgan fingerprint density at radius 3 is 2.75 bits per heavy atom. The average molecular weight is 214 g/mol. The van der Waals surface area contributed by atoms with Crippen molar-refractivity contribution in [1.82, 2.24) is 0 Å². The Morgan fingerprint density at radius 2 is 1.94 bits per heavy atom. The molecule has 2 N–H and O–H groups in total. The van der Waals surface area contributed by atoms with Crippen LogP contribution in [-0.4, -0.2) is 0 Å². The van der Waals surface area contributed by atoms with Crippen molar-refractivity contribution in [2.75, 3.05) is 0 Å². The van der Waals surface area contributed by atoms with Gasteiger partial charge >= 0.3 is 0 Å². The predicted octanol–water partition coefficient (Wildman–Crippen LogP) is 3.02. The smallest absolute Gasteiger partial charge is 0.0971 e. The van der Waals surface area contributed by atoms with Crippen molar-refractivity contribution >= 4 is 0 Å². The van der Waals surface area contributed by atoms with Crippen LogP contribution in [0.1, 0.15) is 44.9 Å². The summed E-state index contributed by atoms with van der Waals surface area (Å²) < 4.78 is 0. The van der Waals surface area contributed by atoms with Crippen molar-refractivity contribution in [3.05, 3.63) is 23.4 Å². The van der Waals surface area contributed by atoms with E-state index in [1.807, 2.05) is 0 Å². The van der Waals surface area contributed by atoms with Crippen molar-refractivity contribution in [2.45, 2.75) is 44.9 Å². The van der Waals surface area contributed by atoms with Crippen molar-refractivity contribution in [3.8, 4) is 6.07 Å². The Hall–Kier alpha value is -1.23. The monoisotopic (exact) mass is 214 g/mol. The Morgan fingerprint density at radius 1 is 1.19 bits per heavy atom. The molecule has 2 heteroatoms. The first-order valence-corrected chi connectivity index (χ1v) is 6.28. The second-order valence-electron chi connectivity index (χ2n) is 5.64. The van der Waals surface area contributed by atoms with Crippen LogP contribution in [0.4, 0.5) is 0 Å². The molecule has 2 nitrogen and oxygen atoms in total. The summed E-state index contributed by atoms with van der Waals surface area (Å²) in [4.78, 5) is 0. The summed E-state index contributed by atoms with van der Waals surface area (Å²) >= 11 is 0. The van der Waals surface area contributed by atoms with Crippen LogP contribution in [0.3, 0.4) is 0 Å². The highest BCUT2D eigenvalue weighted by molar-refractivity contribution is 5.44. The van der Waals surface area contributed by atoms with E-state index in [0.717, 1.165) is 30.5 Å². The van der Waals surface area contributed by atoms with Gasteiger partial charge in [0, 0.05) is 11.1 Å². The standard InChI is InChI=1S/C14H18N2/c15-10-11-12(16)9-13-5-1-3-7-14(11,13)8-4-2-6-13/h1,3H,2,4-9,16H2/t13-,14+/m1/s1. The van der Waals surface area contributed by atoms with Crippen LogP contribution in [0.2, 0.25) is 0 Å². The van der Waals surface area contributed by atoms with E-state index in [9.17, 15) is 5.26 Å². The summed E-state index contributed by atoms with van der Waals surface area (Å²) in [6, 6.07) is 2.42. The first-order chi connectivity index (χ1) is 7.74. The topological polar surface area (TPSA) is 49.8 Å². The number of allylic oxidation sites excluding steroid dienone is 4.